The second kappa shape index (κ2) is 9.50. The van der Waals surface area contributed by atoms with Crippen molar-refractivity contribution in [2.75, 3.05) is 38.5 Å². The molecule has 0 aromatic heterocycles. The number of benzene rings is 1. The predicted molar refractivity (Wildman–Crippen MR) is 97.8 cm³/mol. The molecule has 2 rings (SSSR count). The molecular formula is C16H25BrClN3O. The number of hydrogen-bond donors (Lipinski definition) is 2. The van der Waals surface area contributed by atoms with Crippen molar-refractivity contribution >= 4 is 39.9 Å². The number of hydrogen-bond acceptors (Lipinski definition) is 3. The molecule has 0 bridgehead atoms. The highest BCUT2D eigenvalue weighted by molar-refractivity contribution is 9.10. The summed E-state index contributed by atoms with van der Waals surface area (Å²) >= 11 is 3.49. The predicted octanol–water partition coefficient (Wildman–Crippen LogP) is 3.05. The van der Waals surface area contributed by atoms with Gasteiger partial charge in [0.2, 0.25) is 5.91 Å². The van der Waals surface area contributed by atoms with Crippen LogP contribution in [-0.4, -0.2) is 44.0 Å². The average molecular weight is 391 g/mol. The van der Waals surface area contributed by atoms with Crippen LogP contribution in [0.25, 0.3) is 0 Å². The lowest BCUT2D eigenvalue weighted by atomic mass is 9.98. The van der Waals surface area contributed by atoms with Gasteiger partial charge in [0, 0.05) is 11.0 Å². The Labute approximate surface area is 147 Å². The van der Waals surface area contributed by atoms with Gasteiger partial charge in [-0.15, -0.1) is 12.4 Å². The minimum absolute atomic E-state index is 0. The normalized spacial score (nSPS) is 18.6. The van der Waals surface area contributed by atoms with Crippen LogP contribution in [0.3, 0.4) is 0 Å². The van der Waals surface area contributed by atoms with Gasteiger partial charge in [-0.2, -0.15) is 0 Å². The Morgan fingerprint density at radius 3 is 2.91 bits per heavy atom. The van der Waals surface area contributed by atoms with E-state index >= 15 is 0 Å². The number of piperidine rings is 1. The van der Waals surface area contributed by atoms with Crippen LogP contribution in [0.15, 0.2) is 22.7 Å². The van der Waals surface area contributed by atoms with Crippen molar-refractivity contribution in [2.45, 2.75) is 19.8 Å². The summed E-state index contributed by atoms with van der Waals surface area (Å²) in [6, 6.07) is 5.96. The molecule has 1 heterocycles. The van der Waals surface area contributed by atoms with Gasteiger partial charge in [0.05, 0.1) is 12.2 Å². The number of carbonyl (C=O) groups is 1. The molecule has 1 saturated heterocycles. The Morgan fingerprint density at radius 1 is 1.45 bits per heavy atom. The quantitative estimate of drug-likeness (QED) is 0.812. The van der Waals surface area contributed by atoms with E-state index in [1.165, 1.54) is 18.4 Å². The first-order valence-electron chi connectivity index (χ1n) is 7.51. The number of nitrogens with one attached hydrogen (secondary N) is 2. The maximum atomic E-state index is 12.2. The molecule has 1 fully saturated rings. The van der Waals surface area contributed by atoms with Crippen LogP contribution in [0.5, 0.6) is 0 Å². The molecule has 0 aliphatic carbocycles. The average Bonchev–Trinajstić information content (AvgIpc) is 2.43. The van der Waals surface area contributed by atoms with E-state index in [2.05, 4.69) is 31.5 Å². The topological polar surface area (TPSA) is 44.4 Å². The molecule has 1 atom stereocenters. The van der Waals surface area contributed by atoms with Crippen LogP contribution in [0.2, 0.25) is 0 Å². The molecule has 0 saturated carbocycles. The number of nitrogens with zero attached hydrogens (tertiary/aromatic N) is 1. The fourth-order valence-corrected chi connectivity index (χ4v) is 3.46. The van der Waals surface area contributed by atoms with Gasteiger partial charge in [-0.3, -0.25) is 9.69 Å². The molecule has 22 heavy (non-hydrogen) atoms. The first kappa shape index (κ1) is 19.4. The fraction of sp³-hybridized carbons (Fsp3) is 0.562. The lowest BCUT2D eigenvalue weighted by Gasteiger charge is -2.32. The van der Waals surface area contributed by atoms with Crippen molar-refractivity contribution in [1.29, 1.82) is 0 Å². The monoisotopic (exact) mass is 389 g/mol. The van der Waals surface area contributed by atoms with Crippen molar-refractivity contribution in [3.05, 3.63) is 28.2 Å². The van der Waals surface area contributed by atoms with E-state index in [1.807, 2.05) is 32.2 Å². The van der Waals surface area contributed by atoms with Crippen molar-refractivity contribution in [1.82, 2.24) is 10.2 Å². The second-order valence-electron chi connectivity index (χ2n) is 5.83. The minimum atomic E-state index is 0. The van der Waals surface area contributed by atoms with E-state index in [-0.39, 0.29) is 18.3 Å². The number of carbonyl (C=O) groups excluding carboxylic acids is 1. The molecule has 2 N–H and O–H groups in total. The second-order valence-corrected chi connectivity index (χ2v) is 6.69. The summed E-state index contributed by atoms with van der Waals surface area (Å²) < 4.78 is 0.933. The van der Waals surface area contributed by atoms with Gasteiger partial charge in [-0.05, 0) is 79.4 Å². The number of aryl methyl sites for hydroxylation is 1. The third kappa shape index (κ3) is 5.88. The summed E-state index contributed by atoms with van der Waals surface area (Å²) in [5.74, 6) is 0.715. The van der Waals surface area contributed by atoms with Crippen molar-refractivity contribution in [3.63, 3.8) is 0 Å². The van der Waals surface area contributed by atoms with Crippen molar-refractivity contribution in [3.8, 4) is 0 Å². The summed E-state index contributed by atoms with van der Waals surface area (Å²) in [6.07, 6.45) is 2.43. The summed E-state index contributed by atoms with van der Waals surface area (Å²) in [5.41, 5.74) is 2.01. The van der Waals surface area contributed by atoms with Crippen LogP contribution < -0.4 is 10.6 Å². The van der Waals surface area contributed by atoms with E-state index in [0.717, 1.165) is 29.8 Å². The molecule has 0 spiro atoms. The van der Waals surface area contributed by atoms with Gasteiger partial charge in [0.1, 0.15) is 0 Å². The Morgan fingerprint density at radius 2 is 2.23 bits per heavy atom. The third-order valence-electron chi connectivity index (χ3n) is 3.86. The molecule has 6 heteroatoms. The summed E-state index contributed by atoms with van der Waals surface area (Å²) in [7, 11) is 1.99. The summed E-state index contributed by atoms with van der Waals surface area (Å²) in [4.78, 5) is 14.4. The molecule has 4 nitrogen and oxygen atoms in total. The van der Waals surface area contributed by atoms with Crippen LogP contribution in [0.4, 0.5) is 5.69 Å². The van der Waals surface area contributed by atoms with Crippen LogP contribution in [0, 0.1) is 12.8 Å². The Bertz CT molecular complexity index is 496. The van der Waals surface area contributed by atoms with Crippen LogP contribution >= 0.6 is 28.3 Å². The highest BCUT2D eigenvalue weighted by atomic mass is 79.9. The molecular weight excluding hydrogens is 366 g/mol. The van der Waals surface area contributed by atoms with E-state index in [9.17, 15) is 4.79 Å². The van der Waals surface area contributed by atoms with Crippen molar-refractivity contribution in [2.24, 2.45) is 5.92 Å². The Balaban J connectivity index is 0.00000242. The molecule has 1 aliphatic heterocycles. The minimum Gasteiger partial charge on any atom is -0.324 e. The largest absolute Gasteiger partial charge is 0.324 e. The van der Waals surface area contributed by atoms with Gasteiger partial charge < -0.3 is 10.6 Å². The molecule has 0 radical (unpaired) electrons. The summed E-state index contributed by atoms with van der Waals surface area (Å²) in [6.45, 7) is 5.56. The Hall–Kier alpha value is -0.620. The maximum absolute atomic E-state index is 12.2. The highest BCUT2D eigenvalue weighted by Crippen LogP contribution is 2.23. The lowest BCUT2D eigenvalue weighted by Crippen LogP contribution is -2.42. The van der Waals surface area contributed by atoms with E-state index in [0.29, 0.717) is 12.5 Å². The number of amides is 1. The number of anilines is 1. The molecule has 1 aliphatic rings. The van der Waals surface area contributed by atoms with Crippen molar-refractivity contribution < 1.29 is 4.79 Å². The zero-order valence-corrected chi connectivity index (χ0v) is 15.6. The zero-order chi connectivity index (χ0) is 15.2. The van der Waals surface area contributed by atoms with Gasteiger partial charge >= 0.3 is 0 Å². The van der Waals surface area contributed by atoms with Gasteiger partial charge in [0.15, 0.2) is 0 Å². The van der Waals surface area contributed by atoms with Gasteiger partial charge in [0.25, 0.3) is 0 Å². The van der Waals surface area contributed by atoms with E-state index < -0.39 is 0 Å². The molecule has 124 valence electrons. The molecule has 1 aromatic rings. The summed E-state index contributed by atoms with van der Waals surface area (Å²) in [5, 5.41) is 6.22. The number of rotatable bonds is 5. The smallest absolute Gasteiger partial charge is 0.238 e. The van der Waals surface area contributed by atoms with Crippen LogP contribution in [-0.2, 0) is 4.79 Å². The molecule has 1 amide bonds. The molecule has 1 aromatic carbocycles. The highest BCUT2D eigenvalue weighted by Gasteiger charge is 2.21. The van der Waals surface area contributed by atoms with Crippen LogP contribution in [0.1, 0.15) is 18.4 Å². The molecule has 1 unspecified atom stereocenters. The number of halogens is 2. The third-order valence-corrected chi connectivity index (χ3v) is 4.52. The maximum Gasteiger partial charge on any atom is 0.238 e. The first-order chi connectivity index (χ1) is 10.1. The zero-order valence-electron chi connectivity index (χ0n) is 13.2. The number of likely N-dealkylation sites (tertiary alicyclic amines) is 1. The Kier molecular flexibility index (Phi) is 8.39. The first-order valence-corrected chi connectivity index (χ1v) is 8.30. The van der Waals surface area contributed by atoms with Gasteiger partial charge in [-0.25, -0.2) is 0 Å². The standard InChI is InChI=1S/C16H24BrN3O.ClH/c1-12-5-6-15(14(17)8-12)19-16(21)11-20-7-3-4-13(10-20)9-18-2;/h5-6,8,13,18H,3-4,7,9-11H2,1-2H3,(H,19,21);1H. The van der Waals surface area contributed by atoms with E-state index in [1.54, 1.807) is 0 Å². The fourth-order valence-electron chi connectivity index (χ4n) is 2.86. The SMILES string of the molecule is CNCC1CCCN(CC(=O)Nc2ccc(C)cc2Br)C1.Cl. The van der Waals surface area contributed by atoms with Gasteiger partial charge in [-0.1, -0.05) is 6.07 Å². The van der Waals surface area contributed by atoms with E-state index in [4.69, 9.17) is 0 Å². The lowest BCUT2D eigenvalue weighted by molar-refractivity contribution is -0.117.